The van der Waals surface area contributed by atoms with Crippen LogP contribution < -0.4 is 0 Å². The molecule has 1 saturated heterocycles. The predicted molar refractivity (Wildman–Crippen MR) is 133 cm³/mol. The number of aliphatic hydroxyl groups is 1. The molecule has 3 atom stereocenters. The molecule has 0 spiro atoms. The first-order valence-electron chi connectivity index (χ1n) is 13.1. The van der Waals surface area contributed by atoms with Gasteiger partial charge in [-0.15, -0.1) is 0 Å². The third-order valence-corrected chi connectivity index (χ3v) is 7.13. The molecule has 5 nitrogen and oxygen atoms in total. The number of rotatable bonds is 17. The van der Waals surface area contributed by atoms with Crippen molar-refractivity contribution in [2.24, 2.45) is 5.92 Å². The van der Waals surface area contributed by atoms with Crippen LogP contribution in [0.4, 0.5) is 0 Å². The predicted octanol–water partition coefficient (Wildman–Crippen LogP) is 5.68. The molecule has 1 aliphatic heterocycles. The van der Waals surface area contributed by atoms with Crippen LogP contribution in [0.5, 0.6) is 0 Å². The lowest BCUT2D eigenvalue weighted by Gasteiger charge is -2.27. The van der Waals surface area contributed by atoms with E-state index in [4.69, 9.17) is 0 Å². The van der Waals surface area contributed by atoms with Gasteiger partial charge in [0.1, 0.15) is 0 Å². The molecular formula is C28H45NO4. The lowest BCUT2D eigenvalue weighted by Crippen LogP contribution is -2.35. The number of hydrogen-bond acceptors (Lipinski definition) is 4. The highest BCUT2D eigenvalue weighted by Gasteiger charge is 2.30. The Morgan fingerprint density at radius 3 is 2.55 bits per heavy atom. The normalized spacial score (nSPS) is 17.8. The third kappa shape index (κ3) is 10.7. The number of nitrogens with zero attached hydrogens (tertiary/aromatic N) is 1. The van der Waals surface area contributed by atoms with E-state index in [1.807, 2.05) is 4.90 Å². The number of carbonyl (C=O) groups is 2. The van der Waals surface area contributed by atoms with Gasteiger partial charge in [-0.05, 0) is 62.8 Å². The number of benzene rings is 1. The highest BCUT2D eigenvalue weighted by Crippen LogP contribution is 2.26. The first kappa shape index (κ1) is 27.4. The zero-order chi connectivity index (χ0) is 23.9. The molecule has 0 radical (unpaired) electrons. The number of carbonyl (C=O) groups excluding carboxylic acids is 2. The van der Waals surface area contributed by atoms with E-state index in [0.29, 0.717) is 18.8 Å². The van der Waals surface area contributed by atoms with Gasteiger partial charge >= 0.3 is 5.97 Å². The van der Waals surface area contributed by atoms with Gasteiger partial charge in [0.15, 0.2) is 0 Å². The molecule has 1 amide bonds. The summed E-state index contributed by atoms with van der Waals surface area (Å²) in [6, 6.07) is 10.9. The number of unbranched alkanes of at least 4 members (excludes halogenated alkanes) is 5. The van der Waals surface area contributed by atoms with E-state index in [1.54, 1.807) is 0 Å². The van der Waals surface area contributed by atoms with E-state index in [9.17, 15) is 14.7 Å². The van der Waals surface area contributed by atoms with E-state index >= 15 is 0 Å². The molecule has 0 unspecified atom stereocenters. The van der Waals surface area contributed by atoms with Crippen molar-refractivity contribution in [3.63, 3.8) is 0 Å². The maximum atomic E-state index is 12.3. The van der Waals surface area contributed by atoms with E-state index < -0.39 is 0 Å². The first-order valence-corrected chi connectivity index (χ1v) is 13.1. The average molecular weight is 460 g/mol. The molecule has 1 aromatic rings. The number of hydrogen-bond donors (Lipinski definition) is 1. The van der Waals surface area contributed by atoms with Crippen LogP contribution in [0.3, 0.4) is 0 Å². The van der Waals surface area contributed by atoms with Crippen LogP contribution in [0, 0.1) is 5.92 Å². The van der Waals surface area contributed by atoms with E-state index in [2.05, 4.69) is 42.0 Å². The molecule has 1 heterocycles. The number of esters is 1. The van der Waals surface area contributed by atoms with Crippen molar-refractivity contribution in [1.29, 1.82) is 0 Å². The third-order valence-electron chi connectivity index (χ3n) is 7.13. The largest absolute Gasteiger partial charge is 0.469 e. The van der Waals surface area contributed by atoms with Crippen LogP contribution >= 0.6 is 0 Å². The van der Waals surface area contributed by atoms with Crippen molar-refractivity contribution >= 4 is 11.9 Å². The van der Waals surface area contributed by atoms with Crippen molar-refractivity contribution in [2.45, 2.75) is 109 Å². The van der Waals surface area contributed by atoms with Crippen molar-refractivity contribution < 1.29 is 19.4 Å². The minimum Gasteiger partial charge on any atom is -0.469 e. The first-order chi connectivity index (χ1) is 16.0. The molecule has 0 aromatic heterocycles. The summed E-state index contributed by atoms with van der Waals surface area (Å²) >= 11 is 0. The number of aryl methyl sites for hydroxylation is 1. The number of ether oxygens (including phenoxy) is 1. The Hall–Kier alpha value is -1.88. The highest BCUT2D eigenvalue weighted by atomic mass is 16.5. The van der Waals surface area contributed by atoms with Crippen LogP contribution in [0.25, 0.3) is 0 Å². The molecule has 186 valence electrons. The summed E-state index contributed by atoms with van der Waals surface area (Å²) in [4.78, 5) is 25.5. The maximum absolute atomic E-state index is 12.3. The Kier molecular flexibility index (Phi) is 13.2. The summed E-state index contributed by atoms with van der Waals surface area (Å²) in [5, 5.41) is 10.7. The summed E-state index contributed by atoms with van der Waals surface area (Å²) in [5.41, 5.74) is 1.41. The molecule has 1 aliphatic rings. The highest BCUT2D eigenvalue weighted by molar-refractivity contribution is 5.78. The zero-order valence-electron chi connectivity index (χ0n) is 20.8. The minimum absolute atomic E-state index is 0.148. The second-order valence-electron chi connectivity index (χ2n) is 9.73. The van der Waals surface area contributed by atoms with E-state index in [1.165, 1.54) is 25.5 Å². The molecule has 1 aromatic carbocycles. The molecule has 0 aliphatic carbocycles. The fraction of sp³-hybridized carbons (Fsp3) is 0.714. The topological polar surface area (TPSA) is 66.8 Å². The fourth-order valence-corrected chi connectivity index (χ4v) is 4.86. The van der Waals surface area contributed by atoms with Crippen molar-refractivity contribution in [1.82, 2.24) is 4.90 Å². The van der Waals surface area contributed by atoms with Crippen molar-refractivity contribution in [3.8, 4) is 0 Å². The minimum atomic E-state index is -0.282. The number of aliphatic hydroxyl groups excluding tert-OH is 1. The summed E-state index contributed by atoms with van der Waals surface area (Å²) in [6.07, 6.45) is 13.0. The second-order valence-corrected chi connectivity index (χ2v) is 9.73. The van der Waals surface area contributed by atoms with Gasteiger partial charge in [-0.1, -0.05) is 62.9 Å². The standard InChI is InChI=1S/C28H45NO4/c1-23(13-7-5-8-14-24-15-9-6-10-16-24)26(30)20-18-25-19-21-27(31)29(25)22-12-4-3-11-17-28(32)33-2/h6,9-10,15-16,23,25-26,30H,3-5,7-8,11-14,17-22H2,1-2H3/t23-,25+,26-/m1/s1. The molecule has 0 bridgehead atoms. The summed E-state index contributed by atoms with van der Waals surface area (Å²) in [5.74, 6) is 0.419. The van der Waals surface area contributed by atoms with E-state index in [-0.39, 0.29) is 24.0 Å². The molecule has 5 heteroatoms. The van der Waals surface area contributed by atoms with Crippen LogP contribution in [0.15, 0.2) is 30.3 Å². The summed E-state index contributed by atoms with van der Waals surface area (Å²) in [6.45, 7) is 2.96. The van der Waals surface area contributed by atoms with Gasteiger partial charge in [-0.25, -0.2) is 0 Å². The second kappa shape index (κ2) is 15.9. The number of likely N-dealkylation sites (tertiary alicyclic amines) is 1. The Balaban J connectivity index is 1.57. The summed E-state index contributed by atoms with van der Waals surface area (Å²) < 4.78 is 4.67. The zero-order valence-corrected chi connectivity index (χ0v) is 20.8. The van der Waals surface area contributed by atoms with Gasteiger partial charge < -0.3 is 14.7 Å². The Morgan fingerprint density at radius 2 is 1.79 bits per heavy atom. The SMILES string of the molecule is COC(=O)CCCCCCN1C(=O)CC[C@@H]1CC[C@@H](O)[C@H](C)CCCCCc1ccccc1. The lowest BCUT2D eigenvalue weighted by molar-refractivity contribution is -0.140. The Bertz CT molecular complexity index is 678. The van der Waals surface area contributed by atoms with Gasteiger partial charge in [0.2, 0.25) is 5.91 Å². The molecule has 0 saturated carbocycles. The molecular weight excluding hydrogens is 414 g/mol. The van der Waals surface area contributed by atoms with Crippen LogP contribution in [-0.2, 0) is 20.7 Å². The van der Waals surface area contributed by atoms with Gasteiger partial charge in [-0.3, -0.25) is 9.59 Å². The fourth-order valence-electron chi connectivity index (χ4n) is 4.86. The number of methoxy groups -OCH3 is 1. The smallest absolute Gasteiger partial charge is 0.305 e. The molecule has 2 rings (SSSR count). The van der Waals surface area contributed by atoms with Gasteiger partial charge in [0, 0.05) is 25.4 Å². The van der Waals surface area contributed by atoms with Crippen molar-refractivity contribution in [3.05, 3.63) is 35.9 Å². The molecule has 1 fully saturated rings. The maximum Gasteiger partial charge on any atom is 0.305 e. The quantitative estimate of drug-likeness (QED) is 0.240. The lowest BCUT2D eigenvalue weighted by atomic mass is 9.92. The van der Waals surface area contributed by atoms with Crippen molar-refractivity contribution in [2.75, 3.05) is 13.7 Å². The monoisotopic (exact) mass is 459 g/mol. The average Bonchev–Trinajstić information content (AvgIpc) is 3.18. The molecule has 1 N–H and O–H groups in total. The van der Waals surface area contributed by atoms with Crippen LogP contribution in [-0.4, -0.2) is 47.7 Å². The van der Waals surface area contributed by atoms with Gasteiger partial charge in [0.05, 0.1) is 13.2 Å². The summed E-state index contributed by atoms with van der Waals surface area (Å²) in [7, 11) is 1.42. The number of amides is 1. The Labute approximate surface area is 200 Å². The Morgan fingerprint density at radius 1 is 1.06 bits per heavy atom. The van der Waals surface area contributed by atoms with Gasteiger partial charge in [-0.2, -0.15) is 0 Å². The van der Waals surface area contributed by atoms with Crippen LogP contribution in [0.2, 0.25) is 0 Å². The van der Waals surface area contributed by atoms with Crippen LogP contribution in [0.1, 0.15) is 96.0 Å². The van der Waals surface area contributed by atoms with E-state index in [0.717, 1.165) is 70.8 Å². The molecule has 33 heavy (non-hydrogen) atoms. The van der Waals surface area contributed by atoms with Gasteiger partial charge in [0.25, 0.3) is 0 Å².